The van der Waals surface area contributed by atoms with E-state index in [1.165, 1.54) is 31.4 Å². The molecule has 0 aliphatic carbocycles. The third-order valence-electron chi connectivity index (χ3n) is 3.51. The van der Waals surface area contributed by atoms with Crippen LogP contribution in [0.2, 0.25) is 0 Å². The molecule has 1 aliphatic rings. The molecule has 1 fully saturated rings. The highest BCUT2D eigenvalue weighted by atomic mass is 32.1. The number of nitrogens with one attached hydrogen (secondary N) is 1. The van der Waals surface area contributed by atoms with Crippen molar-refractivity contribution >= 4 is 45.9 Å². The summed E-state index contributed by atoms with van der Waals surface area (Å²) in [6.07, 6.45) is 1.21. The Morgan fingerprint density at radius 3 is 2.58 bits per heavy atom. The van der Waals surface area contributed by atoms with Crippen LogP contribution in [0, 0.1) is 10.1 Å². The summed E-state index contributed by atoms with van der Waals surface area (Å²) in [5, 5.41) is 12.7. The highest BCUT2D eigenvalue weighted by Crippen LogP contribution is 2.32. The van der Waals surface area contributed by atoms with Gasteiger partial charge in [0.1, 0.15) is 11.3 Å². The van der Waals surface area contributed by atoms with Crippen molar-refractivity contribution in [3.05, 3.63) is 57.0 Å². The minimum atomic E-state index is -0.904. The fourth-order valence-corrected chi connectivity index (χ4v) is 3.12. The molecule has 0 saturated carbocycles. The second-order valence-corrected chi connectivity index (χ2v) is 6.16. The molecule has 0 spiro atoms. The Morgan fingerprint density at radius 2 is 1.92 bits per heavy atom. The fraction of sp³-hybridized carbons (Fsp3) is 0.0625. The average Bonchev–Trinajstić information content (AvgIpc) is 3.08. The van der Waals surface area contributed by atoms with E-state index < -0.39 is 22.8 Å². The topological polar surface area (TPSA) is 119 Å². The van der Waals surface area contributed by atoms with Gasteiger partial charge in [-0.2, -0.15) is 0 Å². The fourth-order valence-electron chi connectivity index (χ4n) is 2.35. The number of rotatable bonds is 4. The van der Waals surface area contributed by atoms with Gasteiger partial charge in [0.25, 0.3) is 11.8 Å². The Labute approximate surface area is 150 Å². The van der Waals surface area contributed by atoms with Crippen molar-refractivity contribution in [2.24, 2.45) is 0 Å². The number of carbonyl (C=O) groups is 3. The molecule has 1 saturated heterocycles. The first-order chi connectivity index (χ1) is 12.4. The molecule has 4 amide bonds. The summed E-state index contributed by atoms with van der Waals surface area (Å²) < 4.78 is 5.15. The Kier molecular flexibility index (Phi) is 4.50. The third-order valence-corrected chi connectivity index (χ3v) is 4.49. The number of urea groups is 1. The lowest BCUT2D eigenvalue weighted by molar-refractivity contribution is -0.380. The second-order valence-electron chi connectivity index (χ2n) is 5.06. The molecule has 0 unspecified atom stereocenters. The largest absolute Gasteiger partial charge is 0.495 e. The normalized spacial score (nSPS) is 16.0. The van der Waals surface area contributed by atoms with Gasteiger partial charge < -0.3 is 4.74 Å². The van der Waals surface area contributed by atoms with E-state index in [2.05, 4.69) is 5.32 Å². The Hall–Kier alpha value is -3.53. The molecular formula is C16H11N3O6S. The SMILES string of the molecule is COc1ccccc1N1C(=O)NC(=O)/C(=C\c2ccc([N+](=O)[O-])s2)C1=O. The molecule has 1 aliphatic heterocycles. The lowest BCUT2D eigenvalue weighted by Gasteiger charge is -2.27. The number of carbonyl (C=O) groups excluding carboxylic acids is 3. The van der Waals surface area contributed by atoms with Crippen LogP contribution in [-0.4, -0.2) is 29.9 Å². The van der Waals surface area contributed by atoms with E-state index in [0.717, 1.165) is 16.2 Å². The monoisotopic (exact) mass is 373 g/mol. The first-order valence-electron chi connectivity index (χ1n) is 7.21. The molecule has 2 heterocycles. The minimum Gasteiger partial charge on any atom is -0.495 e. The van der Waals surface area contributed by atoms with Gasteiger partial charge in [0.2, 0.25) is 0 Å². The molecule has 1 aromatic heterocycles. The number of nitrogens with zero attached hydrogens (tertiary/aromatic N) is 2. The van der Waals surface area contributed by atoms with Crippen molar-refractivity contribution in [3.8, 4) is 5.75 Å². The van der Waals surface area contributed by atoms with Crippen LogP contribution < -0.4 is 15.0 Å². The first kappa shape index (κ1) is 17.3. The maximum atomic E-state index is 12.8. The maximum Gasteiger partial charge on any atom is 0.336 e. The number of ether oxygens (including phenoxy) is 1. The van der Waals surface area contributed by atoms with Crippen molar-refractivity contribution in [1.29, 1.82) is 0 Å². The molecule has 26 heavy (non-hydrogen) atoms. The van der Waals surface area contributed by atoms with Crippen LogP contribution in [0.4, 0.5) is 15.5 Å². The van der Waals surface area contributed by atoms with E-state index in [4.69, 9.17) is 4.74 Å². The number of imide groups is 2. The lowest BCUT2D eigenvalue weighted by atomic mass is 10.1. The van der Waals surface area contributed by atoms with Gasteiger partial charge in [-0.05, 0) is 24.3 Å². The summed E-state index contributed by atoms with van der Waals surface area (Å²) >= 11 is 0.808. The zero-order valence-corrected chi connectivity index (χ0v) is 14.1. The minimum absolute atomic E-state index is 0.127. The standard InChI is InChI=1S/C16H11N3O6S/c1-25-12-5-3-2-4-11(12)18-15(21)10(14(20)17-16(18)22)8-9-6-7-13(26-9)19(23)24/h2-8H,1H3,(H,17,20,22)/b10-8+. The van der Waals surface area contributed by atoms with Crippen molar-refractivity contribution in [3.63, 3.8) is 0 Å². The molecule has 9 nitrogen and oxygen atoms in total. The lowest BCUT2D eigenvalue weighted by Crippen LogP contribution is -2.54. The number of benzene rings is 1. The van der Waals surface area contributed by atoms with Crippen molar-refractivity contribution in [1.82, 2.24) is 5.32 Å². The third kappa shape index (κ3) is 3.05. The van der Waals surface area contributed by atoms with Crippen molar-refractivity contribution in [2.45, 2.75) is 0 Å². The number of nitro groups is 1. The molecule has 1 aromatic carbocycles. The molecule has 132 valence electrons. The van der Waals surface area contributed by atoms with Gasteiger partial charge in [0, 0.05) is 10.9 Å². The molecule has 2 aromatic rings. The summed E-state index contributed by atoms with van der Waals surface area (Å²) in [5.41, 5.74) is -0.139. The van der Waals surface area contributed by atoms with E-state index >= 15 is 0 Å². The number of barbiturate groups is 1. The van der Waals surface area contributed by atoms with E-state index in [0.29, 0.717) is 4.88 Å². The zero-order chi connectivity index (χ0) is 18.8. The Balaban J connectivity index is 2.02. The van der Waals surface area contributed by atoms with Gasteiger partial charge in [0.15, 0.2) is 0 Å². The molecule has 0 atom stereocenters. The zero-order valence-electron chi connectivity index (χ0n) is 13.3. The second kappa shape index (κ2) is 6.76. The average molecular weight is 373 g/mol. The van der Waals surface area contributed by atoms with Crippen LogP contribution in [0.3, 0.4) is 0 Å². The molecular weight excluding hydrogens is 362 g/mol. The number of thiophene rings is 1. The number of methoxy groups -OCH3 is 1. The van der Waals surface area contributed by atoms with Gasteiger partial charge in [0.05, 0.1) is 17.7 Å². The quantitative estimate of drug-likeness (QED) is 0.380. The van der Waals surface area contributed by atoms with Gasteiger partial charge in [-0.15, -0.1) is 0 Å². The summed E-state index contributed by atoms with van der Waals surface area (Å²) in [6, 6.07) is 8.13. The van der Waals surface area contributed by atoms with Crippen LogP contribution in [0.25, 0.3) is 6.08 Å². The van der Waals surface area contributed by atoms with E-state index in [-0.39, 0.29) is 22.0 Å². The smallest absolute Gasteiger partial charge is 0.336 e. The highest BCUT2D eigenvalue weighted by molar-refractivity contribution is 7.16. The van der Waals surface area contributed by atoms with Crippen LogP contribution in [-0.2, 0) is 9.59 Å². The van der Waals surface area contributed by atoms with Crippen LogP contribution in [0.15, 0.2) is 42.0 Å². The summed E-state index contributed by atoms with van der Waals surface area (Å²) in [7, 11) is 1.39. The molecule has 10 heteroatoms. The first-order valence-corrected chi connectivity index (χ1v) is 8.02. The van der Waals surface area contributed by atoms with E-state index in [1.54, 1.807) is 18.2 Å². The van der Waals surface area contributed by atoms with Gasteiger partial charge in [-0.3, -0.25) is 25.0 Å². The Bertz CT molecular complexity index is 964. The van der Waals surface area contributed by atoms with E-state index in [9.17, 15) is 24.5 Å². The van der Waals surface area contributed by atoms with Crippen LogP contribution in [0.1, 0.15) is 4.88 Å². The predicted molar refractivity (Wildman–Crippen MR) is 93.0 cm³/mol. The number of para-hydroxylation sites is 2. The number of anilines is 1. The number of hydrogen-bond donors (Lipinski definition) is 1. The van der Waals surface area contributed by atoms with Crippen LogP contribution in [0.5, 0.6) is 5.75 Å². The molecule has 3 rings (SSSR count). The summed E-state index contributed by atoms with van der Waals surface area (Å²) in [5.74, 6) is -1.45. The van der Waals surface area contributed by atoms with Gasteiger partial charge in [-0.1, -0.05) is 23.5 Å². The summed E-state index contributed by atoms with van der Waals surface area (Å²) in [4.78, 5) is 48.3. The highest BCUT2D eigenvalue weighted by Gasteiger charge is 2.38. The van der Waals surface area contributed by atoms with E-state index in [1.807, 2.05) is 0 Å². The van der Waals surface area contributed by atoms with Crippen molar-refractivity contribution in [2.75, 3.05) is 12.0 Å². The number of amides is 4. The van der Waals surface area contributed by atoms with Crippen molar-refractivity contribution < 1.29 is 24.0 Å². The van der Waals surface area contributed by atoms with Gasteiger partial charge in [-0.25, -0.2) is 9.69 Å². The van der Waals surface area contributed by atoms with Crippen LogP contribution >= 0.6 is 11.3 Å². The summed E-state index contributed by atoms with van der Waals surface area (Å²) in [6.45, 7) is 0. The molecule has 0 radical (unpaired) electrons. The number of hydrogen-bond acceptors (Lipinski definition) is 7. The van der Waals surface area contributed by atoms with Gasteiger partial charge >= 0.3 is 11.0 Å². The predicted octanol–water partition coefficient (Wildman–Crippen LogP) is 2.33. The maximum absolute atomic E-state index is 12.8. The molecule has 1 N–H and O–H groups in total. The molecule has 0 bridgehead atoms. The Morgan fingerprint density at radius 1 is 1.19 bits per heavy atom.